The molecule has 1 aliphatic rings. The van der Waals surface area contributed by atoms with Gasteiger partial charge in [-0.25, -0.2) is 9.37 Å². The number of aryl methyl sites for hydroxylation is 1. The number of carbonyl (C=O) groups excluding carboxylic acids is 1. The van der Waals surface area contributed by atoms with Crippen molar-refractivity contribution >= 4 is 74.7 Å². The summed E-state index contributed by atoms with van der Waals surface area (Å²) < 4.78 is 16.4. The van der Waals surface area contributed by atoms with E-state index in [1.54, 1.807) is 17.2 Å². The fourth-order valence-electron chi connectivity index (χ4n) is 5.50. The molecule has 1 fully saturated rings. The number of hydrogen-bond acceptors (Lipinski definition) is 7. The van der Waals surface area contributed by atoms with Gasteiger partial charge in [-0.15, -0.1) is 0 Å². The lowest BCUT2D eigenvalue weighted by Crippen LogP contribution is -2.49. The van der Waals surface area contributed by atoms with Crippen LogP contribution in [0.5, 0.6) is 0 Å². The smallest absolute Gasteiger partial charge is 0.276 e. The van der Waals surface area contributed by atoms with Gasteiger partial charge in [0.15, 0.2) is 5.82 Å². The number of nitriles is 1. The van der Waals surface area contributed by atoms with Crippen LogP contribution in [0.1, 0.15) is 36.6 Å². The van der Waals surface area contributed by atoms with Crippen LogP contribution in [-0.4, -0.2) is 51.5 Å². The molecule has 4 heterocycles. The first-order chi connectivity index (χ1) is 21.3. The van der Waals surface area contributed by atoms with Crippen LogP contribution in [0.15, 0.2) is 35.8 Å². The molecular weight excluding hydrogens is 663 g/mol. The normalized spacial score (nSPS) is 13.4. The second kappa shape index (κ2) is 12.5. The van der Waals surface area contributed by atoms with Crippen LogP contribution in [0.4, 0.5) is 15.8 Å². The quantitative estimate of drug-likeness (QED) is 0.105. The highest BCUT2D eigenvalue weighted by Crippen LogP contribution is 2.47. The molecule has 4 aromatic rings. The molecule has 0 radical (unpaired) electrons. The summed E-state index contributed by atoms with van der Waals surface area (Å²) in [5.74, 6) is -1.35. The molecule has 0 atom stereocenters. The van der Waals surface area contributed by atoms with Gasteiger partial charge in [0.1, 0.15) is 22.3 Å². The molecular formula is C31H26Cl4FN7O2. The molecule has 3 aromatic heterocycles. The van der Waals surface area contributed by atoms with Gasteiger partial charge in [-0.2, -0.15) is 5.26 Å². The van der Waals surface area contributed by atoms with Crippen LogP contribution < -0.4 is 16.2 Å². The maximum Gasteiger partial charge on any atom is 0.276 e. The Morgan fingerprint density at radius 2 is 1.80 bits per heavy atom. The topological polar surface area (TPSA) is 121 Å². The molecule has 14 heteroatoms. The van der Waals surface area contributed by atoms with Gasteiger partial charge < -0.3 is 15.5 Å². The number of carbonyl (C=O) groups is 1. The number of nitrogen functional groups attached to an aromatic ring is 1. The second-order valence-corrected chi connectivity index (χ2v) is 12.3. The second-order valence-electron chi connectivity index (χ2n) is 10.7. The number of nitrogens with zero attached hydrogens (tertiary/aromatic N) is 6. The predicted molar refractivity (Wildman–Crippen MR) is 178 cm³/mol. The number of pyridine rings is 3. The fraction of sp³-hybridized carbons (Fsp3) is 0.258. The number of benzene rings is 1. The number of aromatic nitrogens is 3. The van der Waals surface area contributed by atoms with E-state index in [4.69, 9.17) is 57.1 Å². The van der Waals surface area contributed by atoms with Crippen molar-refractivity contribution in [3.63, 3.8) is 0 Å². The van der Waals surface area contributed by atoms with E-state index in [2.05, 4.69) is 17.6 Å². The average Bonchev–Trinajstić information content (AvgIpc) is 3.02. The van der Waals surface area contributed by atoms with E-state index in [9.17, 15) is 14.9 Å². The summed E-state index contributed by atoms with van der Waals surface area (Å²) in [6.45, 7) is 10.5. The van der Waals surface area contributed by atoms with Gasteiger partial charge in [0.2, 0.25) is 5.91 Å². The number of rotatable bonds is 5. The number of nitrogens with two attached hydrogens (primary N) is 1. The van der Waals surface area contributed by atoms with Crippen molar-refractivity contribution in [3.05, 3.63) is 84.1 Å². The number of fused-ring (bicyclic) bond motifs is 1. The van der Waals surface area contributed by atoms with Crippen molar-refractivity contribution in [1.29, 1.82) is 5.26 Å². The van der Waals surface area contributed by atoms with E-state index >= 15 is 4.39 Å². The van der Waals surface area contributed by atoms with Crippen LogP contribution in [0.25, 0.3) is 28.0 Å². The van der Waals surface area contributed by atoms with E-state index in [1.807, 2.05) is 25.7 Å². The van der Waals surface area contributed by atoms with Gasteiger partial charge in [0.05, 0.1) is 43.5 Å². The summed E-state index contributed by atoms with van der Waals surface area (Å²) in [6.07, 6.45) is 2.88. The number of piperazine rings is 1. The SMILES string of the molecule is C=CC(=O)N1CCN(c2c(C#N)c(=O)n(-c3c(C)ccnc3C(C)C)c3nc(-c4c(Cl)c(N)c(Cl)c(F)c4Cl)c(Cl)cc23)CC1. The first-order valence-electron chi connectivity index (χ1n) is 13.8. The molecule has 0 saturated carbocycles. The van der Waals surface area contributed by atoms with Gasteiger partial charge in [0.25, 0.3) is 5.56 Å². The molecule has 1 amide bonds. The molecule has 9 nitrogen and oxygen atoms in total. The Balaban J connectivity index is 1.93. The van der Waals surface area contributed by atoms with Crippen molar-refractivity contribution < 1.29 is 9.18 Å². The lowest BCUT2D eigenvalue weighted by molar-refractivity contribution is -0.126. The Morgan fingerprint density at radius 3 is 2.40 bits per heavy atom. The van der Waals surface area contributed by atoms with Gasteiger partial charge in [-0.1, -0.05) is 66.8 Å². The summed E-state index contributed by atoms with van der Waals surface area (Å²) in [5.41, 5.74) is 6.88. The number of halogens is 5. The molecule has 5 rings (SSSR count). The lowest BCUT2D eigenvalue weighted by Gasteiger charge is -2.36. The highest BCUT2D eigenvalue weighted by Gasteiger charge is 2.31. The minimum absolute atomic E-state index is 0.00442. The fourth-order valence-corrected chi connectivity index (χ4v) is 6.64. The molecule has 45 heavy (non-hydrogen) atoms. The molecule has 1 aromatic carbocycles. The minimum Gasteiger partial charge on any atom is -0.396 e. The molecule has 1 aliphatic heterocycles. The highest BCUT2D eigenvalue weighted by atomic mass is 35.5. The third-order valence-electron chi connectivity index (χ3n) is 7.73. The van der Waals surface area contributed by atoms with Crippen molar-refractivity contribution in [2.45, 2.75) is 26.7 Å². The molecule has 0 unspecified atom stereocenters. The van der Waals surface area contributed by atoms with E-state index < -0.39 is 21.4 Å². The molecule has 0 bridgehead atoms. The summed E-state index contributed by atoms with van der Waals surface area (Å²) in [4.78, 5) is 39.5. The van der Waals surface area contributed by atoms with Crippen molar-refractivity contribution in [3.8, 4) is 23.0 Å². The van der Waals surface area contributed by atoms with Crippen molar-refractivity contribution in [2.24, 2.45) is 0 Å². The third kappa shape index (κ3) is 5.38. The minimum atomic E-state index is -1.01. The summed E-state index contributed by atoms with van der Waals surface area (Å²) in [7, 11) is 0. The maximum absolute atomic E-state index is 15.1. The van der Waals surface area contributed by atoms with Crippen molar-refractivity contribution in [1.82, 2.24) is 19.4 Å². The monoisotopic (exact) mass is 687 g/mol. The van der Waals surface area contributed by atoms with Gasteiger partial charge in [0, 0.05) is 43.3 Å². The number of anilines is 2. The Morgan fingerprint density at radius 1 is 1.13 bits per heavy atom. The predicted octanol–water partition coefficient (Wildman–Crippen LogP) is 6.92. The van der Waals surface area contributed by atoms with Crippen molar-refractivity contribution in [2.75, 3.05) is 36.8 Å². The summed E-state index contributed by atoms with van der Waals surface area (Å²) >= 11 is 25.8. The van der Waals surface area contributed by atoms with Crippen LogP contribution in [0.2, 0.25) is 20.1 Å². The standard InChI is InChI=1S/C31H26Cl4FN7O2/c1-5-19(44)41-8-10-42(11-9-41)29-16-12-18(32)27(20-21(33)24(36)23(35)25(38)22(20)34)40-30(16)43(31(45)17(29)13-37)28-15(4)6-7-39-26(28)14(2)3/h5-7,12,14H,1,8-11,38H2,2-4H3. The van der Waals surface area contributed by atoms with E-state index in [-0.39, 0.29) is 50.0 Å². The zero-order valence-electron chi connectivity index (χ0n) is 24.4. The number of hydrogen-bond donors (Lipinski definition) is 1. The average molecular weight is 689 g/mol. The summed E-state index contributed by atoms with van der Waals surface area (Å²) in [6, 6.07) is 5.37. The van der Waals surface area contributed by atoms with Gasteiger partial charge in [-0.3, -0.25) is 19.1 Å². The maximum atomic E-state index is 15.1. The molecule has 0 spiro atoms. The Labute approximate surface area is 278 Å². The third-order valence-corrected chi connectivity index (χ3v) is 9.13. The number of amides is 1. The van der Waals surface area contributed by atoms with Gasteiger partial charge >= 0.3 is 0 Å². The molecule has 232 valence electrons. The van der Waals surface area contributed by atoms with E-state index in [0.717, 1.165) is 0 Å². The first-order valence-corrected chi connectivity index (χ1v) is 15.3. The lowest BCUT2D eigenvalue weighted by atomic mass is 10.0. The zero-order chi connectivity index (χ0) is 32.9. The molecule has 1 saturated heterocycles. The van der Waals surface area contributed by atoms with Crippen LogP contribution in [0, 0.1) is 24.1 Å². The van der Waals surface area contributed by atoms with E-state index in [0.29, 0.717) is 54.2 Å². The Hall–Kier alpha value is -3.88. The van der Waals surface area contributed by atoms with Crippen LogP contribution in [-0.2, 0) is 4.79 Å². The van der Waals surface area contributed by atoms with E-state index in [1.165, 1.54) is 16.7 Å². The molecule has 0 aliphatic carbocycles. The van der Waals surface area contributed by atoms with Crippen LogP contribution >= 0.6 is 46.4 Å². The first kappa shape index (κ1) is 32.5. The zero-order valence-corrected chi connectivity index (χ0v) is 27.4. The Bertz CT molecular complexity index is 1990. The Kier molecular flexibility index (Phi) is 9.02. The van der Waals surface area contributed by atoms with Gasteiger partial charge in [-0.05, 0) is 36.6 Å². The van der Waals surface area contributed by atoms with Crippen LogP contribution in [0.3, 0.4) is 0 Å². The molecule has 2 N–H and O–H groups in total. The largest absolute Gasteiger partial charge is 0.396 e. The summed E-state index contributed by atoms with van der Waals surface area (Å²) in [5, 5.41) is 9.67. The highest BCUT2D eigenvalue weighted by molar-refractivity contribution is 6.45.